The molecule has 0 fully saturated rings. The first-order chi connectivity index (χ1) is 5.54. The van der Waals surface area contributed by atoms with E-state index in [1.165, 1.54) is 7.05 Å². The van der Waals surface area contributed by atoms with Crippen LogP contribution in [0.4, 0.5) is 14.6 Å². The second-order valence-corrected chi connectivity index (χ2v) is 2.10. The molecule has 0 N–H and O–H groups in total. The van der Waals surface area contributed by atoms with Crippen LogP contribution in [-0.4, -0.2) is 14.7 Å². The fourth-order valence-electron chi connectivity index (χ4n) is 0.826. The van der Waals surface area contributed by atoms with Gasteiger partial charge >= 0.3 is 5.82 Å². The van der Waals surface area contributed by atoms with Crippen LogP contribution in [0.3, 0.4) is 0 Å². The molecular formula is C5H5F2N3O2. The molecule has 0 aliphatic heterocycles. The van der Waals surface area contributed by atoms with Crippen molar-refractivity contribution in [1.82, 2.24) is 9.78 Å². The molecule has 0 radical (unpaired) electrons. The van der Waals surface area contributed by atoms with Gasteiger partial charge in [-0.2, -0.15) is 0 Å². The molecule has 1 aromatic heterocycles. The largest absolute Gasteiger partial charge is 0.358 e. The molecule has 0 amide bonds. The van der Waals surface area contributed by atoms with Gasteiger partial charge in [-0.3, -0.25) is 0 Å². The van der Waals surface area contributed by atoms with Crippen molar-refractivity contribution in [3.8, 4) is 0 Å². The van der Waals surface area contributed by atoms with Gasteiger partial charge in [0, 0.05) is 0 Å². The summed E-state index contributed by atoms with van der Waals surface area (Å²) in [5.74, 6) is -0.662. The molecule has 0 aromatic carbocycles. The van der Waals surface area contributed by atoms with Crippen molar-refractivity contribution in [3.63, 3.8) is 0 Å². The second kappa shape index (κ2) is 2.84. The molecule has 0 saturated carbocycles. The van der Waals surface area contributed by atoms with Crippen LogP contribution in [-0.2, 0) is 7.05 Å². The van der Waals surface area contributed by atoms with Gasteiger partial charge in [-0.05, 0) is 4.92 Å². The predicted octanol–water partition coefficient (Wildman–Crippen LogP) is 1.27. The van der Waals surface area contributed by atoms with Gasteiger partial charge in [0.15, 0.2) is 0 Å². The highest BCUT2D eigenvalue weighted by atomic mass is 19.3. The van der Waals surface area contributed by atoms with Crippen molar-refractivity contribution >= 4 is 5.82 Å². The second-order valence-electron chi connectivity index (χ2n) is 2.10. The minimum absolute atomic E-state index is 0.650. The summed E-state index contributed by atoms with van der Waals surface area (Å²) >= 11 is 0. The van der Waals surface area contributed by atoms with Crippen LogP contribution >= 0.6 is 0 Å². The third-order valence-electron chi connectivity index (χ3n) is 1.34. The van der Waals surface area contributed by atoms with E-state index in [1.54, 1.807) is 0 Å². The lowest BCUT2D eigenvalue weighted by atomic mass is 10.3. The number of rotatable bonds is 2. The summed E-state index contributed by atoms with van der Waals surface area (Å²) < 4.78 is 24.9. The smallest absolute Gasteiger partial charge is 0.353 e. The van der Waals surface area contributed by atoms with E-state index in [-0.39, 0.29) is 0 Å². The molecule has 5 nitrogen and oxygen atoms in total. The van der Waals surface area contributed by atoms with Crippen molar-refractivity contribution in [2.75, 3.05) is 0 Å². The molecule has 0 spiro atoms. The topological polar surface area (TPSA) is 61.0 Å². The monoisotopic (exact) mass is 177 g/mol. The third-order valence-corrected chi connectivity index (χ3v) is 1.34. The summed E-state index contributed by atoms with van der Waals surface area (Å²) in [7, 11) is 1.24. The maximum absolute atomic E-state index is 12.0. The number of hydrogen-bond acceptors (Lipinski definition) is 3. The van der Waals surface area contributed by atoms with E-state index in [0.717, 1.165) is 10.9 Å². The van der Waals surface area contributed by atoms with Crippen LogP contribution in [0, 0.1) is 10.1 Å². The highest BCUT2D eigenvalue weighted by molar-refractivity contribution is 5.31. The lowest BCUT2D eigenvalue weighted by molar-refractivity contribution is -0.393. The van der Waals surface area contributed by atoms with Gasteiger partial charge < -0.3 is 10.1 Å². The Morgan fingerprint density at radius 3 is 2.67 bits per heavy atom. The van der Waals surface area contributed by atoms with Gasteiger partial charge in [0.1, 0.15) is 12.6 Å². The predicted molar refractivity (Wildman–Crippen MR) is 34.8 cm³/mol. The van der Waals surface area contributed by atoms with Crippen LogP contribution in [0.1, 0.15) is 12.0 Å². The fourth-order valence-corrected chi connectivity index (χ4v) is 0.826. The molecule has 0 unspecified atom stereocenters. The minimum Gasteiger partial charge on any atom is -0.358 e. The van der Waals surface area contributed by atoms with Crippen LogP contribution in [0.2, 0.25) is 0 Å². The summed E-state index contributed by atoms with van der Waals surface area (Å²) in [6, 6.07) is 0. The summed E-state index contributed by atoms with van der Waals surface area (Å²) in [6.07, 6.45) is -2.07. The number of nitrogens with zero attached hydrogens (tertiary/aromatic N) is 3. The van der Waals surface area contributed by atoms with Crippen molar-refractivity contribution < 1.29 is 13.7 Å². The first kappa shape index (κ1) is 8.57. The summed E-state index contributed by atoms with van der Waals surface area (Å²) in [5.41, 5.74) is -0.650. The molecule has 1 aromatic rings. The quantitative estimate of drug-likeness (QED) is 0.504. The molecule has 0 aliphatic rings. The van der Waals surface area contributed by atoms with E-state index in [0.29, 0.717) is 0 Å². The van der Waals surface area contributed by atoms with Gasteiger partial charge in [0.2, 0.25) is 0 Å². The SMILES string of the molecule is Cn1ncc(C(F)F)c1[N+](=O)[O-]. The Labute approximate surface area is 65.8 Å². The van der Waals surface area contributed by atoms with Crippen molar-refractivity contribution in [2.24, 2.45) is 7.05 Å². The molecule has 0 saturated heterocycles. The van der Waals surface area contributed by atoms with Crippen LogP contribution in [0.25, 0.3) is 0 Å². The summed E-state index contributed by atoms with van der Waals surface area (Å²) in [6.45, 7) is 0. The lowest BCUT2D eigenvalue weighted by Crippen LogP contribution is -2.00. The zero-order chi connectivity index (χ0) is 9.30. The van der Waals surface area contributed by atoms with E-state index in [1.807, 2.05) is 0 Å². The van der Waals surface area contributed by atoms with Crippen LogP contribution < -0.4 is 0 Å². The molecule has 12 heavy (non-hydrogen) atoms. The highest BCUT2D eigenvalue weighted by Crippen LogP contribution is 2.27. The molecular weight excluding hydrogens is 172 g/mol. The Hall–Kier alpha value is -1.53. The first-order valence-electron chi connectivity index (χ1n) is 2.98. The van der Waals surface area contributed by atoms with Crippen LogP contribution in [0.5, 0.6) is 0 Å². The molecule has 1 heterocycles. The standard InChI is InChI=1S/C5H5F2N3O2/c1-9-5(10(11)12)3(2-8-9)4(6)7/h2,4H,1H3. The highest BCUT2D eigenvalue weighted by Gasteiger charge is 2.25. The Morgan fingerprint density at radius 1 is 1.75 bits per heavy atom. The van der Waals surface area contributed by atoms with E-state index < -0.39 is 22.7 Å². The number of halogens is 2. The molecule has 0 aliphatic carbocycles. The third kappa shape index (κ3) is 1.25. The number of aromatic nitrogens is 2. The first-order valence-corrected chi connectivity index (χ1v) is 2.98. The maximum atomic E-state index is 12.0. The summed E-state index contributed by atoms with van der Waals surface area (Å²) in [5, 5.41) is 13.6. The van der Waals surface area contributed by atoms with Gasteiger partial charge in [-0.25, -0.2) is 8.78 Å². The Kier molecular flexibility index (Phi) is 2.03. The molecule has 0 bridgehead atoms. The summed E-state index contributed by atoms with van der Waals surface area (Å²) in [4.78, 5) is 9.34. The number of alkyl halides is 2. The van der Waals surface area contributed by atoms with E-state index in [4.69, 9.17) is 0 Å². The molecule has 1 rings (SSSR count). The minimum atomic E-state index is -2.86. The maximum Gasteiger partial charge on any atom is 0.353 e. The zero-order valence-electron chi connectivity index (χ0n) is 6.07. The average molecular weight is 177 g/mol. The van der Waals surface area contributed by atoms with E-state index in [2.05, 4.69) is 5.10 Å². The number of hydrogen-bond donors (Lipinski definition) is 0. The molecule has 0 atom stereocenters. The number of nitro groups is 1. The molecule has 66 valence electrons. The Balaban J connectivity index is 3.21. The Morgan fingerprint density at radius 2 is 2.33 bits per heavy atom. The average Bonchev–Trinajstić information content (AvgIpc) is 2.30. The fraction of sp³-hybridized carbons (Fsp3) is 0.400. The molecule has 7 heteroatoms. The number of aryl methyl sites for hydroxylation is 1. The lowest BCUT2D eigenvalue weighted by Gasteiger charge is -1.96. The van der Waals surface area contributed by atoms with Gasteiger partial charge in [0.05, 0.1) is 6.20 Å². The van der Waals surface area contributed by atoms with Crippen LogP contribution in [0.15, 0.2) is 6.20 Å². The van der Waals surface area contributed by atoms with E-state index >= 15 is 0 Å². The van der Waals surface area contributed by atoms with Gasteiger partial charge in [-0.15, -0.1) is 4.68 Å². The van der Waals surface area contributed by atoms with Crippen molar-refractivity contribution in [1.29, 1.82) is 0 Å². The van der Waals surface area contributed by atoms with Crippen molar-refractivity contribution in [3.05, 3.63) is 21.9 Å². The van der Waals surface area contributed by atoms with Gasteiger partial charge in [-0.1, -0.05) is 5.10 Å². The van der Waals surface area contributed by atoms with Crippen molar-refractivity contribution in [2.45, 2.75) is 6.43 Å². The van der Waals surface area contributed by atoms with E-state index in [9.17, 15) is 18.9 Å². The zero-order valence-corrected chi connectivity index (χ0v) is 6.07. The Bertz CT molecular complexity index is 310. The van der Waals surface area contributed by atoms with Gasteiger partial charge in [0.25, 0.3) is 6.43 Å². The normalized spacial score (nSPS) is 10.7.